The van der Waals surface area contributed by atoms with Crippen LogP contribution >= 0.6 is 0 Å². The predicted molar refractivity (Wildman–Crippen MR) is 181 cm³/mol. The molecule has 9 heteroatoms. The Kier molecular flexibility index (Phi) is 12.8. The minimum Gasteiger partial charge on any atom is -0.444 e. The molecule has 3 aliphatic rings. The van der Waals surface area contributed by atoms with E-state index in [4.69, 9.17) is 9.47 Å². The van der Waals surface area contributed by atoms with Gasteiger partial charge in [0.05, 0.1) is 13.1 Å². The predicted octanol–water partition coefficient (Wildman–Crippen LogP) is 9.44. The van der Waals surface area contributed by atoms with Crippen molar-refractivity contribution in [3.05, 3.63) is 73.0 Å². The summed E-state index contributed by atoms with van der Waals surface area (Å²) in [5, 5.41) is 0. The van der Waals surface area contributed by atoms with Crippen LogP contribution in [0.25, 0.3) is 11.1 Å². The molecule has 2 aromatic rings. The van der Waals surface area contributed by atoms with Gasteiger partial charge in [0.15, 0.2) is 0 Å². The van der Waals surface area contributed by atoms with E-state index in [9.17, 15) is 18.4 Å². The van der Waals surface area contributed by atoms with Gasteiger partial charge < -0.3 is 32.6 Å². The molecule has 3 unspecified atom stereocenters. The van der Waals surface area contributed by atoms with Gasteiger partial charge in [0.2, 0.25) is 0 Å². The molecular weight excluding hydrogens is 687 g/mol. The van der Waals surface area contributed by atoms with Crippen LogP contribution in [-0.2, 0) is 42.2 Å². The summed E-state index contributed by atoms with van der Waals surface area (Å²) >= 11 is 0. The van der Waals surface area contributed by atoms with Crippen molar-refractivity contribution in [1.82, 2.24) is 9.80 Å². The number of nitrogens with zero attached hydrogens (tertiary/aromatic N) is 2. The van der Waals surface area contributed by atoms with Crippen LogP contribution in [0.2, 0.25) is 0 Å². The molecule has 7 atom stereocenters. The van der Waals surface area contributed by atoms with E-state index in [1.165, 1.54) is 10.5 Å². The van der Waals surface area contributed by atoms with Gasteiger partial charge in [-0.2, -0.15) is 12.3 Å². The van der Waals surface area contributed by atoms with E-state index < -0.39 is 35.7 Å². The molecule has 2 aliphatic heterocycles. The number of ether oxygens (including phenoxy) is 2. The van der Waals surface area contributed by atoms with Crippen LogP contribution < -0.4 is 0 Å². The summed E-state index contributed by atoms with van der Waals surface area (Å²) in [6, 6.07) is 16.7. The van der Waals surface area contributed by atoms with Crippen LogP contribution in [0.1, 0.15) is 103 Å². The van der Waals surface area contributed by atoms with Gasteiger partial charge in [0.1, 0.15) is 23.5 Å². The molecular formula is C39H52F2N2O4Y-2. The van der Waals surface area contributed by atoms with Crippen molar-refractivity contribution < 1.29 is 60.6 Å². The van der Waals surface area contributed by atoms with E-state index in [1.807, 2.05) is 48.0 Å². The van der Waals surface area contributed by atoms with Crippen molar-refractivity contribution >= 4 is 12.2 Å². The van der Waals surface area contributed by atoms with E-state index in [0.717, 1.165) is 36.0 Å². The third kappa shape index (κ3) is 10.0. The standard InChI is InChI=1S/C39H52F2N2O4.Y/c1-25(8-19-34-21-32(40)23-42(34)36(44)46-38(2,3)4)26-9-11-27(12-10-26)28-13-15-29(16-14-28)30-17-18-31(20-30)35-22-33(41)24-43(35)37(45)47-39(5,6)7;/h9-16,19,25,30-35H,1,8,17-18,20-24H2,2-7H3;/q-2;/t25?,30?,31?,32-,33-,34+,35-;/m0./s1. The number of carbonyl (C=O) groups is 2. The van der Waals surface area contributed by atoms with Crippen molar-refractivity contribution in [2.75, 3.05) is 13.1 Å². The topological polar surface area (TPSA) is 59.1 Å². The Morgan fingerprint density at radius 1 is 0.812 bits per heavy atom. The molecule has 1 saturated carbocycles. The first-order chi connectivity index (χ1) is 22.1. The molecule has 0 N–H and O–H groups in total. The Hall–Kier alpha value is -2.06. The molecule has 2 amide bonds. The minimum atomic E-state index is -1.06. The molecule has 2 aromatic carbocycles. The summed E-state index contributed by atoms with van der Waals surface area (Å²) in [5.74, 6) is 0.623. The fourth-order valence-corrected chi connectivity index (χ4v) is 7.38. The van der Waals surface area contributed by atoms with Crippen LogP contribution in [0, 0.1) is 19.3 Å². The van der Waals surface area contributed by atoms with Crippen molar-refractivity contribution in [3.8, 4) is 11.1 Å². The molecule has 2 heterocycles. The second kappa shape index (κ2) is 15.9. The normalized spacial score (nSPS) is 26.7. The average molecular weight is 740 g/mol. The third-order valence-electron chi connectivity index (χ3n) is 9.65. The number of hydrogen-bond donors (Lipinski definition) is 0. The Morgan fingerprint density at radius 3 is 1.92 bits per heavy atom. The molecule has 1 radical (unpaired) electrons. The number of benzene rings is 2. The van der Waals surface area contributed by atoms with E-state index in [2.05, 4.69) is 55.5 Å². The molecule has 6 nitrogen and oxygen atoms in total. The monoisotopic (exact) mass is 739 g/mol. The second-order valence-corrected chi connectivity index (χ2v) is 15.7. The zero-order valence-electron chi connectivity index (χ0n) is 29.5. The van der Waals surface area contributed by atoms with Crippen molar-refractivity contribution in [2.24, 2.45) is 5.92 Å². The number of halogens is 2. The number of amides is 2. The smallest absolute Gasteiger partial charge is 0.410 e. The summed E-state index contributed by atoms with van der Waals surface area (Å²) < 4.78 is 39.8. The third-order valence-corrected chi connectivity index (χ3v) is 9.65. The van der Waals surface area contributed by atoms with Gasteiger partial charge in [0, 0.05) is 45.2 Å². The summed E-state index contributed by atoms with van der Waals surface area (Å²) in [6.07, 6.45) is 3.30. The number of carbonyl (C=O) groups excluding carboxylic acids is 2. The average Bonchev–Trinajstić information content (AvgIpc) is 3.72. The van der Waals surface area contributed by atoms with Crippen LogP contribution in [0.3, 0.4) is 0 Å². The maximum absolute atomic E-state index is 14.5. The first-order valence-corrected chi connectivity index (χ1v) is 17.2. The maximum Gasteiger partial charge on any atom is 0.410 e. The van der Waals surface area contributed by atoms with Crippen LogP contribution in [-0.4, -0.2) is 70.7 Å². The van der Waals surface area contributed by atoms with Crippen molar-refractivity contribution in [1.29, 1.82) is 0 Å². The molecule has 48 heavy (non-hydrogen) atoms. The largest absolute Gasteiger partial charge is 0.444 e. The quantitative estimate of drug-likeness (QED) is 0.266. The van der Waals surface area contributed by atoms with Crippen molar-refractivity contribution in [2.45, 2.75) is 128 Å². The van der Waals surface area contributed by atoms with Crippen molar-refractivity contribution in [3.63, 3.8) is 0 Å². The van der Waals surface area contributed by atoms with E-state index in [1.54, 1.807) is 4.90 Å². The summed E-state index contributed by atoms with van der Waals surface area (Å²) in [4.78, 5) is 28.6. The minimum absolute atomic E-state index is 0. The molecule has 2 saturated heterocycles. The fourth-order valence-electron chi connectivity index (χ4n) is 7.38. The molecule has 0 bridgehead atoms. The van der Waals surface area contributed by atoms with Gasteiger partial charge in [-0.1, -0.05) is 60.1 Å². The number of rotatable bonds is 7. The Labute approximate surface area is 311 Å². The van der Waals surface area contributed by atoms with Gasteiger partial charge in [-0.25, -0.2) is 18.4 Å². The molecule has 261 valence electrons. The van der Waals surface area contributed by atoms with Gasteiger partial charge in [-0.15, -0.1) is 0 Å². The number of hydrogen-bond acceptors (Lipinski definition) is 4. The van der Waals surface area contributed by atoms with Gasteiger partial charge in [0.25, 0.3) is 0 Å². The Balaban J connectivity index is 0.00000520. The van der Waals surface area contributed by atoms with Crippen LogP contribution in [0.4, 0.5) is 18.4 Å². The van der Waals surface area contributed by atoms with Gasteiger partial charge in [-0.3, -0.25) is 0 Å². The zero-order chi connectivity index (χ0) is 34.1. The molecule has 0 spiro atoms. The maximum atomic E-state index is 14.5. The first-order valence-electron chi connectivity index (χ1n) is 17.2. The molecule has 3 fully saturated rings. The fraction of sp³-hybridized carbons (Fsp3) is 0.590. The van der Waals surface area contributed by atoms with E-state index >= 15 is 0 Å². The van der Waals surface area contributed by atoms with Crippen LogP contribution in [0.15, 0.2) is 48.5 Å². The van der Waals surface area contributed by atoms with E-state index in [0.29, 0.717) is 18.8 Å². The molecule has 1 aliphatic carbocycles. The first kappa shape index (κ1) is 38.7. The number of likely N-dealkylation sites (tertiary alicyclic amines) is 2. The summed E-state index contributed by atoms with van der Waals surface area (Å²) in [5.41, 5.74) is 3.37. The zero-order valence-corrected chi connectivity index (χ0v) is 32.3. The summed E-state index contributed by atoms with van der Waals surface area (Å²) in [7, 11) is 0. The number of alkyl halides is 2. The Bertz CT molecular complexity index is 1370. The SMILES string of the molecule is [CH2-]C(C[CH-][C@@H]1C[C@H](F)CN1C(=O)OC(C)(C)C)c1ccc(-c2ccc(C3CCC([C@@H]4C[C@H](F)CN4C(=O)OC(C)(C)C)C3)cc2)cc1.[Y]. The second-order valence-electron chi connectivity index (χ2n) is 15.7. The summed E-state index contributed by atoms with van der Waals surface area (Å²) in [6.45, 7) is 15.5. The van der Waals surface area contributed by atoms with E-state index in [-0.39, 0.29) is 76.1 Å². The molecule has 0 aromatic heterocycles. The van der Waals surface area contributed by atoms with Gasteiger partial charge in [-0.05, 0) is 95.8 Å². The Morgan fingerprint density at radius 2 is 1.33 bits per heavy atom. The van der Waals surface area contributed by atoms with Gasteiger partial charge >= 0.3 is 12.2 Å². The molecule has 5 rings (SSSR count). The van der Waals surface area contributed by atoms with Crippen LogP contribution in [0.5, 0.6) is 0 Å².